The average Bonchev–Trinajstić information content (AvgIpc) is 2.53. The maximum atomic E-state index is 12.6. The topological polar surface area (TPSA) is 49.8 Å². The van der Waals surface area contributed by atoms with Crippen molar-refractivity contribution in [2.24, 2.45) is 0 Å². The van der Waals surface area contributed by atoms with Gasteiger partial charge in [0.15, 0.2) is 0 Å². The molecule has 1 aromatic rings. The van der Waals surface area contributed by atoms with Gasteiger partial charge in [0.2, 0.25) is 0 Å². The lowest BCUT2D eigenvalue weighted by atomic mass is 9.98. The highest BCUT2D eigenvalue weighted by Gasteiger charge is 2.26. The van der Waals surface area contributed by atoms with E-state index in [1.165, 1.54) is 0 Å². The van der Waals surface area contributed by atoms with Crippen LogP contribution in [0, 0.1) is 12.3 Å². The fourth-order valence-corrected chi connectivity index (χ4v) is 2.70. The van der Waals surface area contributed by atoms with Gasteiger partial charge in [0, 0.05) is 24.8 Å². The second-order valence-corrected chi connectivity index (χ2v) is 5.18. The molecule has 0 aromatic heterocycles. The highest BCUT2D eigenvalue weighted by molar-refractivity contribution is 5.94. The van der Waals surface area contributed by atoms with Gasteiger partial charge in [-0.25, -0.2) is 0 Å². The van der Waals surface area contributed by atoms with Crippen molar-refractivity contribution in [1.29, 1.82) is 0 Å². The second kappa shape index (κ2) is 7.70. The van der Waals surface area contributed by atoms with E-state index >= 15 is 0 Å². The van der Waals surface area contributed by atoms with Crippen LogP contribution in [0.2, 0.25) is 0 Å². The molecule has 21 heavy (non-hydrogen) atoms. The number of carbonyl (C=O) groups is 1. The van der Waals surface area contributed by atoms with Crippen molar-refractivity contribution in [3.05, 3.63) is 29.8 Å². The van der Waals surface area contributed by atoms with Gasteiger partial charge in [-0.2, -0.15) is 0 Å². The SMILES string of the molecule is C#CCOc1ccc(C(=O)N2CCCCC2CCO)cc1. The highest BCUT2D eigenvalue weighted by atomic mass is 16.5. The fourth-order valence-electron chi connectivity index (χ4n) is 2.70. The number of ether oxygens (including phenoxy) is 1. The van der Waals surface area contributed by atoms with E-state index in [-0.39, 0.29) is 25.2 Å². The number of likely N-dealkylation sites (tertiary alicyclic amines) is 1. The number of aliphatic hydroxyl groups is 1. The highest BCUT2D eigenvalue weighted by Crippen LogP contribution is 2.22. The number of nitrogens with zero attached hydrogens (tertiary/aromatic N) is 1. The molecule has 4 nitrogen and oxygen atoms in total. The summed E-state index contributed by atoms with van der Waals surface area (Å²) in [5.41, 5.74) is 0.646. The number of piperidine rings is 1. The maximum Gasteiger partial charge on any atom is 0.254 e. The maximum absolute atomic E-state index is 12.6. The number of hydrogen-bond donors (Lipinski definition) is 1. The predicted octanol–water partition coefficient (Wildman–Crippen LogP) is 2.08. The molecule has 1 atom stereocenters. The van der Waals surface area contributed by atoms with Gasteiger partial charge in [-0.15, -0.1) is 6.42 Å². The van der Waals surface area contributed by atoms with Crippen LogP contribution in [0.4, 0.5) is 0 Å². The molecule has 4 heteroatoms. The standard InChI is InChI=1S/C17H21NO3/c1-2-13-21-16-8-6-14(7-9-16)17(20)18-11-4-3-5-15(18)10-12-19/h1,6-9,15,19H,3-5,10-13H2. The lowest BCUT2D eigenvalue weighted by Crippen LogP contribution is -2.44. The van der Waals surface area contributed by atoms with Crippen LogP contribution in [-0.4, -0.2) is 41.7 Å². The first-order valence-electron chi connectivity index (χ1n) is 7.34. The third kappa shape index (κ3) is 3.99. The fraction of sp³-hybridized carbons (Fsp3) is 0.471. The van der Waals surface area contributed by atoms with Crippen molar-refractivity contribution in [3.8, 4) is 18.1 Å². The molecule has 0 radical (unpaired) electrons. The zero-order valence-electron chi connectivity index (χ0n) is 12.1. The van der Waals surface area contributed by atoms with E-state index in [1.54, 1.807) is 24.3 Å². The molecular formula is C17H21NO3. The van der Waals surface area contributed by atoms with Crippen molar-refractivity contribution in [2.45, 2.75) is 31.7 Å². The van der Waals surface area contributed by atoms with E-state index in [0.29, 0.717) is 17.7 Å². The summed E-state index contributed by atoms with van der Waals surface area (Å²) >= 11 is 0. The number of rotatable bonds is 5. The molecule has 1 aliphatic rings. The minimum Gasteiger partial charge on any atom is -0.481 e. The summed E-state index contributed by atoms with van der Waals surface area (Å²) in [6.07, 6.45) is 8.90. The molecule has 1 heterocycles. The Morgan fingerprint density at radius 2 is 2.14 bits per heavy atom. The number of benzene rings is 1. The summed E-state index contributed by atoms with van der Waals surface area (Å²) in [4.78, 5) is 14.5. The predicted molar refractivity (Wildman–Crippen MR) is 81.1 cm³/mol. The van der Waals surface area contributed by atoms with Gasteiger partial charge in [0.25, 0.3) is 5.91 Å². The van der Waals surface area contributed by atoms with Crippen LogP contribution >= 0.6 is 0 Å². The molecule has 0 aliphatic carbocycles. The van der Waals surface area contributed by atoms with Gasteiger partial charge in [-0.1, -0.05) is 5.92 Å². The number of carbonyl (C=O) groups excluding carboxylic acids is 1. The third-order valence-electron chi connectivity index (χ3n) is 3.77. The number of terminal acetylenes is 1. The molecule has 1 amide bonds. The Hall–Kier alpha value is -1.99. The van der Waals surface area contributed by atoms with Gasteiger partial charge in [0.1, 0.15) is 12.4 Å². The molecule has 1 N–H and O–H groups in total. The number of amides is 1. The lowest BCUT2D eigenvalue weighted by molar-refractivity contribution is 0.0574. The summed E-state index contributed by atoms with van der Waals surface area (Å²) in [6.45, 7) is 1.10. The molecular weight excluding hydrogens is 266 g/mol. The molecule has 0 spiro atoms. The zero-order valence-corrected chi connectivity index (χ0v) is 12.1. The Kier molecular flexibility index (Phi) is 5.65. The number of hydrogen-bond acceptors (Lipinski definition) is 3. The first-order valence-corrected chi connectivity index (χ1v) is 7.34. The Morgan fingerprint density at radius 1 is 1.38 bits per heavy atom. The van der Waals surface area contributed by atoms with Crippen LogP contribution in [0.5, 0.6) is 5.75 Å². The van der Waals surface area contributed by atoms with E-state index < -0.39 is 0 Å². The molecule has 0 saturated carbocycles. The monoisotopic (exact) mass is 287 g/mol. The normalized spacial score (nSPS) is 18.1. The van der Waals surface area contributed by atoms with E-state index in [4.69, 9.17) is 16.3 Å². The van der Waals surface area contributed by atoms with Crippen LogP contribution in [0.3, 0.4) is 0 Å². The van der Waals surface area contributed by atoms with E-state index in [0.717, 1.165) is 25.8 Å². The summed E-state index contributed by atoms with van der Waals surface area (Å²) in [7, 11) is 0. The van der Waals surface area contributed by atoms with Crippen molar-refractivity contribution in [2.75, 3.05) is 19.8 Å². The Bertz CT molecular complexity index is 502. The van der Waals surface area contributed by atoms with Crippen molar-refractivity contribution < 1.29 is 14.6 Å². The minimum absolute atomic E-state index is 0.0247. The van der Waals surface area contributed by atoms with Crippen molar-refractivity contribution in [3.63, 3.8) is 0 Å². The van der Waals surface area contributed by atoms with Gasteiger partial charge in [-0.3, -0.25) is 4.79 Å². The van der Waals surface area contributed by atoms with E-state index in [1.807, 2.05) is 4.90 Å². The molecule has 0 bridgehead atoms. The summed E-state index contributed by atoms with van der Waals surface area (Å²) in [6, 6.07) is 7.19. The van der Waals surface area contributed by atoms with Gasteiger partial charge >= 0.3 is 0 Å². The quantitative estimate of drug-likeness (QED) is 0.844. The lowest BCUT2D eigenvalue weighted by Gasteiger charge is -2.35. The molecule has 1 unspecified atom stereocenters. The molecule has 1 fully saturated rings. The van der Waals surface area contributed by atoms with Crippen LogP contribution < -0.4 is 4.74 Å². The summed E-state index contributed by atoms with van der Waals surface area (Å²) in [5.74, 6) is 3.09. The zero-order chi connectivity index (χ0) is 15.1. The van der Waals surface area contributed by atoms with Crippen LogP contribution in [0.25, 0.3) is 0 Å². The molecule has 1 saturated heterocycles. The molecule has 1 aromatic carbocycles. The van der Waals surface area contributed by atoms with Gasteiger partial charge in [0.05, 0.1) is 0 Å². The second-order valence-electron chi connectivity index (χ2n) is 5.18. The Labute approximate surface area is 125 Å². The smallest absolute Gasteiger partial charge is 0.254 e. The van der Waals surface area contributed by atoms with E-state index in [9.17, 15) is 4.79 Å². The van der Waals surface area contributed by atoms with Crippen LogP contribution in [0.15, 0.2) is 24.3 Å². The number of aliphatic hydroxyl groups excluding tert-OH is 1. The summed E-state index contributed by atoms with van der Waals surface area (Å²) < 4.78 is 5.30. The van der Waals surface area contributed by atoms with Crippen LogP contribution in [0.1, 0.15) is 36.0 Å². The third-order valence-corrected chi connectivity index (χ3v) is 3.77. The average molecular weight is 287 g/mol. The Morgan fingerprint density at radius 3 is 2.81 bits per heavy atom. The van der Waals surface area contributed by atoms with E-state index in [2.05, 4.69) is 5.92 Å². The Balaban J connectivity index is 2.05. The van der Waals surface area contributed by atoms with Gasteiger partial charge < -0.3 is 14.7 Å². The molecule has 1 aliphatic heterocycles. The first-order chi connectivity index (χ1) is 10.3. The van der Waals surface area contributed by atoms with Crippen LogP contribution in [-0.2, 0) is 0 Å². The van der Waals surface area contributed by atoms with Crippen molar-refractivity contribution in [1.82, 2.24) is 4.90 Å². The van der Waals surface area contributed by atoms with Gasteiger partial charge in [-0.05, 0) is 49.9 Å². The van der Waals surface area contributed by atoms with Crippen molar-refractivity contribution >= 4 is 5.91 Å². The first kappa shape index (κ1) is 15.4. The molecule has 112 valence electrons. The summed E-state index contributed by atoms with van der Waals surface area (Å²) in [5, 5.41) is 9.14. The molecule has 2 rings (SSSR count). The minimum atomic E-state index is 0.0247. The largest absolute Gasteiger partial charge is 0.481 e.